The summed E-state index contributed by atoms with van der Waals surface area (Å²) in [5.74, 6) is 1.83. The SMILES string of the molecule is Nc1sccc1-c1nc(Cc2nc3ccccc3[nH]2)no1. The molecule has 4 aromatic rings. The Morgan fingerprint density at radius 2 is 2.10 bits per heavy atom. The Morgan fingerprint density at radius 1 is 1.19 bits per heavy atom. The largest absolute Gasteiger partial charge is 0.390 e. The van der Waals surface area contributed by atoms with Crippen molar-refractivity contribution in [1.29, 1.82) is 0 Å². The molecular weight excluding hydrogens is 286 g/mol. The van der Waals surface area contributed by atoms with Crippen molar-refractivity contribution in [3.63, 3.8) is 0 Å². The van der Waals surface area contributed by atoms with Gasteiger partial charge < -0.3 is 15.2 Å². The Bertz CT molecular complexity index is 874. The van der Waals surface area contributed by atoms with Gasteiger partial charge in [-0.05, 0) is 23.6 Å². The highest BCUT2D eigenvalue weighted by atomic mass is 32.1. The van der Waals surface area contributed by atoms with Gasteiger partial charge in [0.05, 0.1) is 28.0 Å². The summed E-state index contributed by atoms with van der Waals surface area (Å²) >= 11 is 1.45. The lowest BCUT2D eigenvalue weighted by atomic mass is 10.3. The zero-order valence-corrected chi connectivity index (χ0v) is 11.7. The van der Waals surface area contributed by atoms with Crippen molar-refractivity contribution < 1.29 is 4.52 Å². The molecular formula is C14H11N5OS. The second kappa shape index (κ2) is 4.71. The third-order valence-corrected chi connectivity index (χ3v) is 3.90. The van der Waals surface area contributed by atoms with Crippen LogP contribution < -0.4 is 5.73 Å². The number of fused-ring (bicyclic) bond motifs is 1. The summed E-state index contributed by atoms with van der Waals surface area (Å²) in [4.78, 5) is 12.1. The molecule has 104 valence electrons. The van der Waals surface area contributed by atoms with E-state index in [1.54, 1.807) is 0 Å². The summed E-state index contributed by atoms with van der Waals surface area (Å²) in [6.45, 7) is 0. The lowest BCUT2D eigenvalue weighted by molar-refractivity contribution is 0.424. The number of aromatic nitrogens is 4. The van der Waals surface area contributed by atoms with Crippen molar-refractivity contribution in [3.05, 3.63) is 47.4 Å². The number of nitrogen functional groups attached to an aromatic ring is 1. The highest BCUT2D eigenvalue weighted by molar-refractivity contribution is 7.14. The van der Waals surface area contributed by atoms with E-state index in [1.165, 1.54) is 11.3 Å². The van der Waals surface area contributed by atoms with Gasteiger partial charge in [-0.25, -0.2) is 4.98 Å². The molecule has 0 fully saturated rings. The maximum Gasteiger partial charge on any atom is 0.260 e. The van der Waals surface area contributed by atoms with Crippen LogP contribution in [0.5, 0.6) is 0 Å². The van der Waals surface area contributed by atoms with E-state index in [4.69, 9.17) is 10.3 Å². The number of rotatable bonds is 3. The molecule has 0 unspecified atom stereocenters. The molecule has 0 amide bonds. The normalized spacial score (nSPS) is 11.2. The lowest BCUT2D eigenvalue weighted by Gasteiger charge is -1.90. The summed E-state index contributed by atoms with van der Waals surface area (Å²) in [6.07, 6.45) is 0.488. The van der Waals surface area contributed by atoms with Gasteiger partial charge in [-0.2, -0.15) is 4.98 Å². The van der Waals surface area contributed by atoms with Gasteiger partial charge in [0, 0.05) is 0 Å². The van der Waals surface area contributed by atoms with Crippen molar-refractivity contribution >= 4 is 27.4 Å². The molecule has 0 bridgehead atoms. The fourth-order valence-corrected chi connectivity index (χ4v) is 2.81. The number of para-hydroxylation sites is 2. The number of imidazole rings is 1. The molecule has 21 heavy (non-hydrogen) atoms. The van der Waals surface area contributed by atoms with Gasteiger partial charge in [0.1, 0.15) is 5.82 Å². The zero-order chi connectivity index (χ0) is 14.2. The van der Waals surface area contributed by atoms with Crippen LogP contribution in [0, 0.1) is 0 Å². The summed E-state index contributed by atoms with van der Waals surface area (Å²) in [5.41, 5.74) is 8.57. The van der Waals surface area contributed by atoms with E-state index in [0.29, 0.717) is 23.1 Å². The van der Waals surface area contributed by atoms with Crippen LogP contribution in [0.3, 0.4) is 0 Å². The highest BCUT2D eigenvalue weighted by Crippen LogP contribution is 2.29. The molecule has 0 aliphatic rings. The quantitative estimate of drug-likeness (QED) is 0.606. The molecule has 0 aliphatic heterocycles. The highest BCUT2D eigenvalue weighted by Gasteiger charge is 2.14. The van der Waals surface area contributed by atoms with Gasteiger partial charge in [0.15, 0.2) is 5.82 Å². The molecule has 0 spiro atoms. The monoisotopic (exact) mass is 297 g/mol. The Kier molecular flexibility index (Phi) is 2.71. The van der Waals surface area contributed by atoms with Gasteiger partial charge >= 0.3 is 0 Å². The third-order valence-electron chi connectivity index (χ3n) is 3.16. The molecule has 3 aromatic heterocycles. The van der Waals surface area contributed by atoms with E-state index >= 15 is 0 Å². The number of thiophene rings is 1. The number of aromatic amines is 1. The topological polar surface area (TPSA) is 93.6 Å². The van der Waals surface area contributed by atoms with Crippen LogP contribution in [0.15, 0.2) is 40.2 Å². The van der Waals surface area contributed by atoms with Crippen molar-refractivity contribution in [2.45, 2.75) is 6.42 Å². The fraction of sp³-hybridized carbons (Fsp3) is 0.0714. The van der Waals surface area contributed by atoms with E-state index in [1.807, 2.05) is 35.7 Å². The van der Waals surface area contributed by atoms with Crippen molar-refractivity contribution in [2.75, 3.05) is 5.73 Å². The van der Waals surface area contributed by atoms with Crippen molar-refractivity contribution in [1.82, 2.24) is 20.1 Å². The number of anilines is 1. The molecule has 3 N–H and O–H groups in total. The standard InChI is InChI=1S/C14H11N5OS/c15-13-8(5-6-21-13)14-18-12(19-20-14)7-11-16-9-3-1-2-4-10(9)17-11/h1-6H,7,15H2,(H,16,17). The zero-order valence-electron chi connectivity index (χ0n) is 10.9. The lowest BCUT2D eigenvalue weighted by Crippen LogP contribution is -1.93. The fourth-order valence-electron chi connectivity index (χ4n) is 2.17. The molecule has 6 nitrogen and oxygen atoms in total. The summed E-state index contributed by atoms with van der Waals surface area (Å²) in [5, 5.41) is 6.55. The first kappa shape index (κ1) is 12.1. The van der Waals surface area contributed by atoms with Crippen LogP contribution >= 0.6 is 11.3 Å². The minimum atomic E-state index is 0.444. The Balaban J connectivity index is 1.63. The number of H-pyrrole nitrogens is 1. The van der Waals surface area contributed by atoms with Crippen LogP contribution in [-0.2, 0) is 6.42 Å². The van der Waals surface area contributed by atoms with Crippen LogP contribution in [0.4, 0.5) is 5.00 Å². The number of nitrogens with zero attached hydrogens (tertiary/aromatic N) is 3. The molecule has 4 rings (SSSR count). The molecule has 7 heteroatoms. The van der Waals surface area contributed by atoms with Crippen LogP contribution in [0.2, 0.25) is 0 Å². The number of nitrogens with two attached hydrogens (primary N) is 1. The van der Waals surface area contributed by atoms with E-state index in [2.05, 4.69) is 20.1 Å². The smallest absolute Gasteiger partial charge is 0.260 e. The van der Waals surface area contributed by atoms with Crippen molar-refractivity contribution in [3.8, 4) is 11.5 Å². The van der Waals surface area contributed by atoms with E-state index in [-0.39, 0.29) is 0 Å². The molecule has 0 saturated carbocycles. The molecule has 0 saturated heterocycles. The van der Waals surface area contributed by atoms with Gasteiger partial charge in [0.25, 0.3) is 5.89 Å². The molecule has 0 radical (unpaired) electrons. The average molecular weight is 297 g/mol. The van der Waals surface area contributed by atoms with E-state index in [0.717, 1.165) is 22.4 Å². The number of hydrogen-bond acceptors (Lipinski definition) is 6. The van der Waals surface area contributed by atoms with Crippen LogP contribution in [0.1, 0.15) is 11.6 Å². The van der Waals surface area contributed by atoms with Crippen LogP contribution in [0.25, 0.3) is 22.5 Å². The molecule has 3 heterocycles. The van der Waals surface area contributed by atoms with Gasteiger partial charge in [-0.3, -0.25) is 0 Å². The first-order valence-corrected chi connectivity index (χ1v) is 7.27. The van der Waals surface area contributed by atoms with Gasteiger partial charge in [-0.1, -0.05) is 17.3 Å². The minimum absolute atomic E-state index is 0.444. The van der Waals surface area contributed by atoms with E-state index in [9.17, 15) is 0 Å². The summed E-state index contributed by atoms with van der Waals surface area (Å²) in [7, 11) is 0. The Hall–Kier alpha value is -2.67. The number of nitrogens with one attached hydrogen (secondary N) is 1. The first-order valence-electron chi connectivity index (χ1n) is 6.39. The number of hydrogen-bond donors (Lipinski definition) is 2. The molecule has 0 atom stereocenters. The average Bonchev–Trinajstić information content (AvgIpc) is 3.17. The summed E-state index contributed by atoms with van der Waals surface area (Å²) < 4.78 is 5.26. The summed E-state index contributed by atoms with van der Waals surface area (Å²) in [6, 6.07) is 9.75. The minimum Gasteiger partial charge on any atom is -0.390 e. The Labute approximate surface area is 123 Å². The maximum atomic E-state index is 5.86. The second-order valence-corrected chi connectivity index (χ2v) is 5.54. The third kappa shape index (κ3) is 2.17. The van der Waals surface area contributed by atoms with Crippen molar-refractivity contribution in [2.24, 2.45) is 0 Å². The van der Waals surface area contributed by atoms with Gasteiger partial charge in [0.2, 0.25) is 0 Å². The maximum absolute atomic E-state index is 5.86. The Morgan fingerprint density at radius 3 is 2.90 bits per heavy atom. The van der Waals surface area contributed by atoms with Crippen LogP contribution in [-0.4, -0.2) is 20.1 Å². The van der Waals surface area contributed by atoms with Gasteiger partial charge in [-0.15, -0.1) is 11.3 Å². The number of benzene rings is 1. The predicted octanol–water partition coefficient (Wildman–Crippen LogP) is 2.85. The molecule has 0 aliphatic carbocycles. The molecule has 1 aromatic carbocycles. The van der Waals surface area contributed by atoms with E-state index < -0.39 is 0 Å². The predicted molar refractivity (Wildman–Crippen MR) is 80.9 cm³/mol. The first-order chi connectivity index (χ1) is 10.3. The second-order valence-electron chi connectivity index (χ2n) is 4.59.